The van der Waals surface area contributed by atoms with Gasteiger partial charge in [0.05, 0.1) is 26.2 Å². The Morgan fingerprint density at radius 2 is 1.36 bits per heavy atom. The Balaban J connectivity index is 3.55. The zero-order chi connectivity index (χ0) is 18.8. The molecule has 0 fully saturated rings. The average Bonchev–Trinajstić information content (AvgIpc) is 2.63. The molecule has 2 N–H and O–H groups in total. The molecule has 0 radical (unpaired) electrons. The number of hydrogen-bond donors (Lipinski definition) is 2. The largest absolute Gasteiger partial charge is 0.391 e. The van der Waals surface area contributed by atoms with Gasteiger partial charge in [-0.25, -0.2) is 0 Å². The normalized spacial score (nSPS) is 11.7. The van der Waals surface area contributed by atoms with Crippen LogP contribution in [0.3, 0.4) is 0 Å². The molecule has 4 nitrogen and oxygen atoms in total. The molecule has 0 aliphatic heterocycles. The van der Waals surface area contributed by atoms with Crippen molar-refractivity contribution in [1.82, 2.24) is 5.32 Å². The van der Waals surface area contributed by atoms with Crippen molar-refractivity contribution in [2.45, 2.75) is 91.4 Å². The highest BCUT2D eigenvalue weighted by molar-refractivity contribution is 5.75. The van der Waals surface area contributed by atoms with E-state index >= 15 is 0 Å². The Morgan fingerprint density at radius 1 is 0.800 bits per heavy atom. The quantitative estimate of drug-likeness (QED) is 0.284. The van der Waals surface area contributed by atoms with E-state index in [-0.39, 0.29) is 12.5 Å². The van der Waals surface area contributed by atoms with Crippen LogP contribution in [0.5, 0.6) is 0 Å². The van der Waals surface area contributed by atoms with Gasteiger partial charge in [0.15, 0.2) is 0 Å². The first-order chi connectivity index (χ1) is 12.1. The molecule has 0 aromatic carbocycles. The lowest BCUT2D eigenvalue weighted by Gasteiger charge is -2.36. The van der Waals surface area contributed by atoms with Crippen LogP contribution in [0.2, 0.25) is 0 Å². The zero-order valence-electron chi connectivity index (χ0n) is 17.3. The molecule has 0 saturated heterocycles. The van der Waals surface area contributed by atoms with E-state index in [1.807, 2.05) is 0 Å². The van der Waals surface area contributed by atoms with Crippen LogP contribution >= 0.6 is 0 Å². The molecule has 0 aliphatic rings. The molecule has 4 heteroatoms. The average molecular weight is 358 g/mol. The smallest absolute Gasteiger partial charge is 0.219 e. The van der Waals surface area contributed by atoms with Crippen LogP contribution in [0.4, 0.5) is 0 Å². The zero-order valence-corrected chi connectivity index (χ0v) is 17.3. The molecule has 0 atom stereocenters. The number of nitrogens with zero attached hydrogens (tertiary/aromatic N) is 1. The van der Waals surface area contributed by atoms with E-state index in [0.717, 1.165) is 50.0 Å². The first kappa shape index (κ1) is 24.4. The Labute approximate surface area is 157 Å². The van der Waals surface area contributed by atoms with Crippen molar-refractivity contribution in [3.63, 3.8) is 0 Å². The van der Waals surface area contributed by atoms with Crippen LogP contribution in [0.1, 0.15) is 91.4 Å². The maximum absolute atomic E-state index is 11.9. The van der Waals surface area contributed by atoms with Crippen LogP contribution in [0, 0.1) is 0 Å². The van der Waals surface area contributed by atoms with Crippen LogP contribution < -0.4 is 5.32 Å². The molecule has 1 amide bonds. The molecule has 0 aromatic rings. The van der Waals surface area contributed by atoms with Crippen molar-refractivity contribution >= 4 is 5.91 Å². The number of unbranched alkanes of at least 4 members (excludes halogenated alkanes) is 8. The number of aliphatic hydroxyl groups excluding tert-OH is 1. The van der Waals surface area contributed by atoms with E-state index in [9.17, 15) is 9.90 Å². The lowest BCUT2D eigenvalue weighted by atomic mass is 10.1. The minimum atomic E-state index is 0.205. The summed E-state index contributed by atoms with van der Waals surface area (Å²) in [6.07, 6.45) is 13.3. The molecule has 25 heavy (non-hydrogen) atoms. The van der Waals surface area contributed by atoms with E-state index in [0.29, 0.717) is 6.42 Å². The number of aliphatic hydroxyl groups is 1. The summed E-state index contributed by atoms with van der Waals surface area (Å²) in [4.78, 5) is 11.9. The van der Waals surface area contributed by atoms with Crippen LogP contribution in [-0.4, -0.2) is 54.8 Å². The molecule has 0 heterocycles. The minimum absolute atomic E-state index is 0.205. The molecule has 0 aromatic heterocycles. The van der Waals surface area contributed by atoms with Gasteiger partial charge in [-0.05, 0) is 20.3 Å². The fourth-order valence-electron chi connectivity index (χ4n) is 3.51. The van der Waals surface area contributed by atoms with Crippen LogP contribution in [0.25, 0.3) is 0 Å². The van der Waals surface area contributed by atoms with Gasteiger partial charge < -0.3 is 14.9 Å². The maximum Gasteiger partial charge on any atom is 0.219 e. The Hall–Kier alpha value is -0.610. The minimum Gasteiger partial charge on any atom is -0.391 e. The second-order valence-electron chi connectivity index (χ2n) is 7.43. The number of nitrogens with one attached hydrogen (secondary N) is 1. The molecule has 0 bridgehead atoms. The number of carbonyl (C=O) groups is 1. The summed E-state index contributed by atoms with van der Waals surface area (Å²) in [7, 11) is 0. The molecule has 150 valence electrons. The number of carbonyl (C=O) groups excluding carboxylic acids is 1. The van der Waals surface area contributed by atoms with Crippen molar-refractivity contribution in [3.8, 4) is 0 Å². The van der Waals surface area contributed by atoms with E-state index < -0.39 is 0 Å². The van der Waals surface area contributed by atoms with Crippen LogP contribution in [0.15, 0.2) is 0 Å². The van der Waals surface area contributed by atoms with Gasteiger partial charge in [-0.2, -0.15) is 0 Å². The van der Waals surface area contributed by atoms with E-state index in [4.69, 9.17) is 0 Å². The first-order valence-electron chi connectivity index (χ1n) is 10.9. The lowest BCUT2D eigenvalue weighted by Crippen LogP contribution is -2.50. The van der Waals surface area contributed by atoms with Crippen molar-refractivity contribution in [2.75, 3.05) is 39.3 Å². The molecule has 0 unspecified atom stereocenters. The Kier molecular flexibility index (Phi) is 16.4. The fraction of sp³-hybridized carbons (Fsp3) is 0.952. The highest BCUT2D eigenvalue weighted by atomic mass is 16.3. The summed E-state index contributed by atoms with van der Waals surface area (Å²) in [6, 6.07) is 0. The number of hydrogen-bond acceptors (Lipinski definition) is 2. The molecule has 0 spiro atoms. The number of quaternary nitrogens is 1. The molecular weight excluding hydrogens is 312 g/mol. The predicted molar refractivity (Wildman–Crippen MR) is 108 cm³/mol. The third-order valence-corrected chi connectivity index (χ3v) is 5.55. The fourth-order valence-corrected chi connectivity index (χ4v) is 3.51. The van der Waals surface area contributed by atoms with E-state index in [2.05, 4.69) is 26.1 Å². The second kappa shape index (κ2) is 16.8. The lowest BCUT2D eigenvalue weighted by molar-refractivity contribution is -0.925. The third kappa shape index (κ3) is 13.3. The standard InChI is InChI=1S/C21H44N2O2/c1-4-7-8-9-10-11-12-13-14-16-21(25)22-17-15-18-23(5-2,6-3)19-20-24/h24H,4-20H2,1-3H3/p+1. The highest BCUT2D eigenvalue weighted by Gasteiger charge is 2.21. The van der Waals surface area contributed by atoms with Crippen molar-refractivity contribution in [1.29, 1.82) is 0 Å². The number of amides is 1. The summed E-state index contributed by atoms with van der Waals surface area (Å²) in [5, 5.41) is 12.3. The summed E-state index contributed by atoms with van der Waals surface area (Å²) in [5.41, 5.74) is 0. The third-order valence-electron chi connectivity index (χ3n) is 5.55. The summed E-state index contributed by atoms with van der Waals surface area (Å²) in [5.74, 6) is 0.205. The van der Waals surface area contributed by atoms with E-state index in [1.54, 1.807) is 0 Å². The van der Waals surface area contributed by atoms with Gasteiger partial charge in [-0.15, -0.1) is 0 Å². The van der Waals surface area contributed by atoms with Gasteiger partial charge in [0, 0.05) is 19.4 Å². The maximum atomic E-state index is 11.9. The van der Waals surface area contributed by atoms with Gasteiger partial charge in [0.2, 0.25) is 5.91 Å². The van der Waals surface area contributed by atoms with Gasteiger partial charge in [-0.1, -0.05) is 58.3 Å². The summed E-state index contributed by atoms with van der Waals surface area (Å²) >= 11 is 0. The topological polar surface area (TPSA) is 49.3 Å². The SMILES string of the molecule is CCCCCCCCCCCC(=O)NCCC[N+](CC)(CC)CCO. The summed E-state index contributed by atoms with van der Waals surface area (Å²) < 4.78 is 0.949. The molecular formula is C21H45N2O2+. The number of likely N-dealkylation sites (N-methyl/N-ethyl adjacent to an activating group) is 1. The second-order valence-corrected chi connectivity index (χ2v) is 7.43. The molecule has 0 aliphatic carbocycles. The van der Waals surface area contributed by atoms with Gasteiger partial charge in [0.25, 0.3) is 0 Å². The van der Waals surface area contributed by atoms with E-state index in [1.165, 1.54) is 51.4 Å². The Morgan fingerprint density at radius 3 is 1.88 bits per heavy atom. The van der Waals surface area contributed by atoms with Gasteiger partial charge in [-0.3, -0.25) is 4.79 Å². The molecule has 0 saturated carbocycles. The van der Waals surface area contributed by atoms with Crippen LogP contribution in [-0.2, 0) is 4.79 Å². The van der Waals surface area contributed by atoms with Crippen molar-refractivity contribution < 1.29 is 14.4 Å². The van der Waals surface area contributed by atoms with Gasteiger partial charge >= 0.3 is 0 Å². The Bertz CT molecular complexity index is 304. The summed E-state index contributed by atoms with van der Waals surface area (Å²) in [6.45, 7) is 11.6. The van der Waals surface area contributed by atoms with Crippen molar-refractivity contribution in [3.05, 3.63) is 0 Å². The highest BCUT2D eigenvalue weighted by Crippen LogP contribution is 2.10. The predicted octanol–water partition coefficient (Wildman–Crippen LogP) is 4.26. The van der Waals surface area contributed by atoms with Crippen molar-refractivity contribution in [2.24, 2.45) is 0 Å². The van der Waals surface area contributed by atoms with Gasteiger partial charge in [0.1, 0.15) is 6.54 Å². The number of rotatable bonds is 18. The monoisotopic (exact) mass is 357 g/mol. The first-order valence-corrected chi connectivity index (χ1v) is 10.9. The molecule has 0 rings (SSSR count).